The maximum absolute atomic E-state index is 12.5. The molecule has 3 rings (SSSR count). The highest BCUT2D eigenvalue weighted by molar-refractivity contribution is 7.90. The van der Waals surface area contributed by atoms with Crippen LogP contribution in [0.2, 0.25) is 0 Å². The van der Waals surface area contributed by atoms with Gasteiger partial charge < -0.3 is 24.7 Å². The molecule has 3 heterocycles. The highest BCUT2D eigenvalue weighted by Crippen LogP contribution is 2.38. The molecule has 0 saturated carbocycles. The molecule has 1 saturated heterocycles. The van der Waals surface area contributed by atoms with Gasteiger partial charge in [0, 0.05) is 27.0 Å². The summed E-state index contributed by atoms with van der Waals surface area (Å²) in [5.74, 6) is -2.20. The SMILES string of the molecule is CC(=O)OC[C@@H]1O[C@H](n2c(S(C)(=O)=O)nc3c(N)ncnc32)[C@H](OC(C)=O)[C@@H]1OC(C)=O. The van der Waals surface area contributed by atoms with Crippen LogP contribution >= 0.6 is 0 Å². The Hall–Kier alpha value is -3.33. The van der Waals surface area contributed by atoms with Crippen molar-refractivity contribution in [3.8, 4) is 0 Å². The number of nitrogen functional groups attached to an aromatic ring is 1. The number of nitrogens with two attached hydrogens (primary N) is 1. The molecule has 0 amide bonds. The van der Waals surface area contributed by atoms with Crippen molar-refractivity contribution >= 4 is 44.7 Å². The fourth-order valence-electron chi connectivity index (χ4n) is 3.30. The highest BCUT2D eigenvalue weighted by atomic mass is 32.2. The smallest absolute Gasteiger partial charge is 0.303 e. The van der Waals surface area contributed by atoms with Gasteiger partial charge in [0.15, 0.2) is 35.4 Å². The molecule has 0 radical (unpaired) electrons. The van der Waals surface area contributed by atoms with Gasteiger partial charge in [-0.1, -0.05) is 0 Å². The molecular formula is C17H21N5O9S. The fraction of sp³-hybridized carbons (Fsp3) is 0.529. The molecule has 0 unspecified atom stereocenters. The van der Waals surface area contributed by atoms with Crippen molar-refractivity contribution in [3.63, 3.8) is 0 Å². The van der Waals surface area contributed by atoms with Crippen LogP contribution in [0.15, 0.2) is 11.5 Å². The summed E-state index contributed by atoms with van der Waals surface area (Å²) in [6.07, 6.45) is -3.02. The van der Waals surface area contributed by atoms with Crippen molar-refractivity contribution in [2.75, 3.05) is 18.6 Å². The second kappa shape index (κ2) is 8.66. The third-order valence-corrected chi connectivity index (χ3v) is 5.35. The quantitative estimate of drug-likeness (QED) is 0.404. The molecule has 1 fully saturated rings. The number of ether oxygens (including phenoxy) is 4. The maximum Gasteiger partial charge on any atom is 0.303 e. The Bertz CT molecular complexity index is 1180. The van der Waals surface area contributed by atoms with Crippen molar-refractivity contribution in [2.24, 2.45) is 0 Å². The number of aromatic nitrogens is 4. The van der Waals surface area contributed by atoms with Crippen molar-refractivity contribution < 1.29 is 41.7 Å². The number of hydrogen-bond acceptors (Lipinski definition) is 13. The van der Waals surface area contributed by atoms with Gasteiger partial charge >= 0.3 is 17.9 Å². The number of sulfone groups is 1. The van der Waals surface area contributed by atoms with E-state index in [4.69, 9.17) is 24.7 Å². The van der Waals surface area contributed by atoms with Crippen molar-refractivity contribution in [1.82, 2.24) is 19.5 Å². The first-order valence-electron chi connectivity index (χ1n) is 9.22. The van der Waals surface area contributed by atoms with Gasteiger partial charge in [-0.05, 0) is 0 Å². The summed E-state index contributed by atoms with van der Waals surface area (Å²) in [6.45, 7) is 3.05. The Balaban J connectivity index is 2.20. The van der Waals surface area contributed by atoms with E-state index in [0.717, 1.165) is 31.0 Å². The summed E-state index contributed by atoms with van der Waals surface area (Å²) in [4.78, 5) is 46.7. The molecular weight excluding hydrogens is 450 g/mol. The molecule has 0 bridgehead atoms. The van der Waals surface area contributed by atoms with Gasteiger partial charge in [0.2, 0.25) is 15.0 Å². The Morgan fingerprint density at radius 3 is 2.28 bits per heavy atom. The number of rotatable bonds is 6. The van der Waals surface area contributed by atoms with Crippen molar-refractivity contribution in [2.45, 2.75) is 50.5 Å². The molecule has 1 aliphatic heterocycles. The zero-order valence-corrected chi connectivity index (χ0v) is 18.4. The monoisotopic (exact) mass is 471 g/mol. The van der Waals surface area contributed by atoms with Gasteiger partial charge in [-0.2, -0.15) is 0 Å². The maximum atomic E-state index is 12.5. The zero-order chi connectivity index (χ0) is 23.8. The molecule has 0 spiro atoms. The number of imidazole rings is 1. The number of fused-ring (bicyclic) bond motifs is 1. The topological polar surface area (TPSA) is 192 Å². The van der Waals surface area contributed by atoms with E-state index < -0.39 is 57.4 Å². The number of anilines is 1. The third kappa shape index (κ3) is 4.62. The van der Waals surface area contributed by atoms with Crippen LogP contribution in [0.5, 0.6) is 0 Å². The lowest BCUT2D eigenvalue weighted by molar-refractivity contribution is -0.166. The highest BCUT2D eigenvalue weighted by Gasteiger charge is 2.52. The lowest BCUT2D eigenvalue weighted by Gasteiger charge is -2.24. The van der Waals surface area contributed by atoms with E-state index >= 15 is 0 Å². The lowest BCUT2D eigenvalue weighted by Crippen LogP contribution is -2.40. The molecule has 0 aromatic carbocycles. The Labute approximate surface area is 181 Å². The fourth-order valence-corrected chi connectivity index (χ4v) is 4.10. The van der Waals surface area contributed by atoms with E-state index in [0.29, 0.717) is 0 Å². The van der Waals surface area contributed by atoms with Crippen LogP contribution in [0.4, 0.5) is 5.82 Å². The van der Waals surface area contributed by atoms with Crippen LogP contribution in [0.3, 0.4) is 0 Å². The van der Waals surface area contributed by atoms with Crippen LogP contribution in [-0.4, -0.2) is 77.0 Å². The summed E-state index contributed by atoms with van der Waals surface area (Å²) in [7, 11) is -3.97. The van der Waals surface area contributed by atoms with Crippen LogP contribution < -0.4 is 5.73 Å². The van der Waals surface area contributed by atoms with E-state index in [2.05, 4.69) is 15.0 Å². The molecule has 0 aliphatic carbocycles. The zero-order valence-electron chi connectivity index (χ0n) is 17.5. The number of carbonyl (C=O) groups is 3. The minimum absolute atomic E-state index is 0.0187. The van der Waals surface area contributed by atoms with E-state index in [1.165, 1.54) is 6.92 Å². The van der Waals surface area contributed by atoms with E-state index in [1.807, 2.05) is 0 Å². The van der Waals surface area contributed by atoms with Crippen LogP contribution in [-0.2, 0) is 43.2 Å². The summed E-state index contributed by atoms with van der Waals surface area (Å²) in [5, 5.41) is -0.489. The predicted molar refractivity (Wildman–Crippen MR) is 104 cm³/mol. The Morgan fingerprint density at radius 1 is 1.09 bits per heavy atom. The summed E-state index contributed by atoms with van der Waals surface area (Å²) in [6, 6.07) is 0. The molecule has 14 nitrogen and oxygen atoms in total. The van der Waals surface area contributed by atoms with Crippen LogP contribution in [0.25, 0.3) is 11.2 Å². The molecule has 2 aromatic rings. The van der Waals surface area contributed by atoms with E-state index in [1.54, 1.807) is 0 Å². The summed E-state index contributed by atoms with van der Waals surface area (Å²) >= 11 is 0. The molecule has 2 aromatic heterocycles. The molecule has 2 N–H and O–H groups in total. The van der Waals surface area contributed by atoms with Gasteiger partial charge in [-0.3, -0.25) is 19.0 Å². The van der Waals surface area contributed by atoms with Gasteiger partial charge in [0.25, 0.3) is 0 Å². The van der Waals surface area contributed by atoms with Gasteiger partial charge in [0.05, 0.1) is 0 Å². The second-order valence-electron chi connectivity index (χ2n) is 6.98. The molecule has 1 aliphatic rings. The standard InChI is InChI=1S/C17H21N5O9S/c1-7(23)28-5-10-12(29-8(2)24)13(30-9(3)25)16(31-10)22-15-11(14(18)19-6-20-15)21-17(22)32(4,26)27/h6,10,12-13,16H,5H2,1-4H3,(H2,18,19,20)/t10-,12+,13+,16-/m0/s1. The molecule has 174 valence electrons. The summed E-state index contributed by atoms with van der Waals surface area (Å²) in [5.41, 5.74) is 5.78. The van der Waals surface area contributed by atoms with Gasteiger partial charge in [-0.15, -0.1) is 0 Å². The Kier molecular flexibility index (Phi) is 6.32. The first-order valence-corrected chi connectivity index (χ1v) is 11.1. The van der Waals surface area contributed by atoms with Crippen LogP contribution in [0.1, 0.15) is 27.0 Å². The third-order valence-electron chi connectivity index (χ3n) is 4.40. The minimum Gasteiger partial charge on any atom is -0.463 e. The second-order valence-corrected chi connectivity index (χ2v) is 8.89. The summed E-state index contributed by atoms with van der Waals surface area (Å²) < 4.78 is 47.5. The van der Waals surface area contributed by atoms with Gasteiger partial charge in [0.1, 0.15) is 19.0 Å². The Morgan fingerprint density at radius 2 is 1.72 bits per heavy atom. The number of hydrogen-bond donors (Lipinski definition) is 1. The minimum atomic E-state index is -3.97. The van der Waals surface area contributed by atoms with E-state index in [-0.39, 0.29) is 23.6 Å². The van der Waals surface area contributed by atoms with E-state index in [9.17, 15) is 22.8 Å². The van der Waals surface area contributed by atoms with Crippen LogP contribution in [0, 0.1) is 0 Å². The molecule has 32 heavy (non-hydrogen) atoms. The van der Waals surface area contributed by atoms with Crippen molar-refractivity contribution in [3.05, 3.63) is 6.33 Å². The normalized spacial score (nSPS) is 23.1. The number of nitrogens with zero attached hydrogens (tertiary/aromatic N) is 4. The average molecular weight is 471 g/mol. The predicted octanol–water partition coefficient (Wildman–Crippen LogP) is -0.864. The molecule has 4 atom stereocenters. The number of carbonyl (C=O) groups excluding carboxylic acids is 3. The first kappa shape index (κ1) is 23.3. The largest absolute Gasteiger partial charge is 0.463 e. The average Bonchev–Trinajstić information content (AvgIpc) is 3.19. The number of esters is 3. The van der Waals surface area contributed by atoms with Crippen molar-refractivity contribution in [1.29, 1.82) is 0 Å². The molecule has 15 heteroatoms. The first-order chi connectivity index (χ1) is 14.9. The van der Waals surface area contributed by atoms with Gasteiger partial charge in [-0.25, -0.2) is 23.4 Å². The lowest BCUT2D eigenvalue weighted by atomic mass is 10.1.